The second-order valence-corrected chi connectivity index (χ2v) is 8.60. The van der Waals surface area contributed by atoms with Crippen LogP contribution < -0.4 is 10.6 Å². The molecule has 0 aliphatic carbocycles. The number of thiazole rings is 2. The maximum atomic E-state index is 12.1. The van der Waals surface area contributed by atoms with Crippen LogP contribution in [-0.2, 0) is 11.2 Å². The molecule has 8 heteroatoms. The van der Waals surface area contributed by atoms with Gasteiger partial charge in [0, 0.05) is 34.3 Å². The molecule has 0 spiro atoms. The normalized spacial score (nSPS) is 12.9. The van der Waals surface area contributed by atoms with E-state index in [4.69, 9.17) is 4.98 Å². The van der Waals surface area contributed by atoms with E-state index in [1.165, 1.54) is 11.3 Å². The fraction of sp³-hybridized carbons (Fsp3) is 0.0909. The summed E-state index contributed by atoms with van der Waals surface area (Å²) in [6.07, 6.45) is 2.82. The van der Waals surface area contributed by atoms with Crippen LogP contribution >= 0.6 is 22.7 Å². The number of nitrogens with one attached hydrogen (secondary N) is 2. The van der Waals surface area contributed by atoms with Gasteiger partial charge >= 0.3 is 0 Å². The minimum atomic E-state index is -0.162. The third-order valence-corrected chi connectivity index (χ3v) is 6.51. The van der Waals surface area contributed by atoms with Crippen LogP contribution in [0.2, 0.25) is 0 Å². The van der Waals surface area contributed by atoms with Crippen molar-refractivity contribution in [3.8, 4) is 21.8 Å². The molecule has 148 valence electrons. The van der Waals surface area contributed by atoms with Gasteiger partial charge in [-0.05, 0) is 48.4 Å². The first-order valence-corrected chi connectivity index (χ1v) is 11.1. The first-order chi connectivity index (χ1) is 14.7. The molecule has 30 heavy (non-hydrogen) atoms. The van der Waals surface area contributed by atoms with Crippen LogP contribution in [0, 0.1) is 0 Å². The van der Waals surface area contributed by atoms with Gasteiger partial charge in [-0.2, -0.15) is 0 Å². The number of aromatic nitrogens is 2. The van der Waals surface area contributed by atoms with E-state index in [0.717, 1.165) is 45.2 Å². The molecule has 0 saturated carbocycles. The Morgan fingerprint density at radius 1 is 1.03 bits per heavy atom. The van der Waals surface area contributed by atoms with E-state index in [2.05, 4.69) is 21.7 Å². The molecule has 2 amide bonds. The number of nitrogens with zero attached hydrogens (tertiary/aromatic N) is 2. The topological polar surface area (TPSA) is 84.0 Å². The molecule has 0 saturated heterocycles. The molecular weight excluding hydrogens is 416 g/mol. The Hall–Kier alpha value is -3.36. The molecule has 4 aromatic rings. The number of amides is 2. The molecule has 0 bridgehead atoms. The largest absolute Gasteiger partial charge is 0.326 e. The van der Waals surface area contributed by atoms with Crippen molar-refractivity contribution < 1.29 is 9.59 Å². The lowest BCUT2D eigenvalue weighted by Gasteiger charge is -2.17. The van der Waals surface area contributed by atoms with E-state index >= 15 is 0 Å². The Morgan fingerprint density at radius 3 is 2.67 bits per heavy atom. The van der Waals surface area contributed by atoms with Crippen molar-refractivity contribution in [3.63, 3.8) is 0 Å². The van der Waals surface area contributed by atoms with Crippen LogP contribution in [-0.4, -0.2) is 21.8 Å². The van der Waals surface area contributed by atoms with Crippen molar-refractivity contribution in [3.05, 3.63) is 70.0 Å². The predicted molar refractivity (Wildman–Crippen MR) is 120 cm³/mol. The third-order valence-electron chi connectivity index (χ3n) is 4.85. The Bertz CT molecular complexity index is 1230. The van der Waals surface area contributed by atoms with Crippen molar-refractivity contribution in [2.24, 2.45) is 0 Å². The molecule has 1 aliphatic rings. The summed E-state index contributed by atoms with van der Waals surface area (Å²) >= 11 is 2.89. The van der Waals surface area contributed by atoms with E-state index in [-0.39, 0.29) is 11.8 Å². The van der Waals surface area contributed by atoms with Gasteiger partial charge in [-0.15, -0.1) is 22.7 Å². The van der Waals surface area contributed by atoms with Crippen molar-refractivity contribution in [1.82, 2.24) is 9.97 Å². The van der Waals surface area contributed by atoms with Gasteiger partial charge in [-0.1, -0.05) is 6.07 Å². The van der Waals surface area contributed by atoms with Gasteiger partial charge in [0.25, 0.3) is 5.91 Å². The second kappa shape index (κ2) is 7.81. The van der Waals surface area contributed by atoms with E-state index in [0.29, 0.717) is 11.3 Å². The Balaban J connectivity index is 1.33. The predicted octanol–water partition coefficient (Wildman–Crippen LogP) is 5.07. The summed E-state index contributed by atoms with van der Waals surface area (Å²) in [6, 6.07) is 13.7. The van der Waals surface area contributed by atoms with Crippen LogP contribution in [0.25, 0.3) is 21.8 Å². The summed E-state index contributed by atoms with van der Waals surface area (Å²) in [5, 5.41) is 8.73. The Kier molecular flexibility index (Phi) is 4.86. The minimum Gasteiger partial charge on any atom is -0.326 e. The zero-order valence-corrected chi connectivity index (χ0v) is 17.3. The van der Waals surface area contributed by atoms with Crippen LogP contribution in [0.5, 0.6) is 0 Å². The number of aryl methyl sites for hydroxylation is 1. The molecule has 5 rings (SSSR count). The average molecular weight is 433 g/mol. The Morgan fingerprint density at radius 2 is 1.87 bits per heavy atom. The van der Waals surface area contributed by atoms with Crippen LogP contribution in [0.4, 0.5) is 11.4 Å². The first-order valence-electron chi connectivity index (χ1n) is 9.35. The van der Waals surface area contributed by atoms with Gasteiger partial charge in [0.15, 0.2) is 0 Å². The molecular formula is C22H16N4O2S2. The summed E-state index contributed by atoms with van der Waals surface area (Å²) in [7, 11) is 0. The summed E-state index contributed by atoms with van der Waals surface area (Å²) in [6.45, 7) is 0. The van der Waals surface area contributed by atoms with Crippen molar-refractivity contribution >= 4 is 45.9 Å². The van der Waals surface area contributed by atoms with Gasteiger partial charge in [-0.25, -0.2) is 4.98 Å². The lowest BCUT2D eigenvalue weighted by molar-refractivity contribution is -0.116. The molecule has 0 unspecified atom stereocenters. The lowest BCUT2D eigenvalue weighted by atomic mass is 9.99. The highest BCUT2D eigenvalue weighted by Crippen LogP contribution is 2.32. The maximum Gasteiger partial charge on any atom is 0.267 e. The lowest BCUT2D eigenvalue weighted by Crippen LogP contribution is -2.18. The standard InChI is InChI=1S/C22H16N4O2S2/c27-20-8-4-14-9-15(3-7-17(14)25-20)18-11-29-22(26-18)13-1-5-16(6-2-13)24-21(28)19-10-23-12-30-19/h1-3,5-7,9-12H,4,8H2,(H,24,28)(H,25,27). The van der Waals surface area contributed by atoms with Gasteiger partial charge in [0.2, 0.25) is 5.91 Å². The minimum absolute atomic E-state index is 0.0675. The highest BCUT2D eigenvalue weighted by molar-refractivity contribution is 7.13. The van der Waals surface area contributed by atoms with Crippen LogP contribution in [0.15, 0.2) is 59.6 Å². The van der Waals surface area contributed by atoms with E-state index < -0.39 is 0 Å². The zero-order chi connectivity index (χ0) is 20.5. The van der Waals surface area contributed by atoms with Crippen molar-refractivity contribution in [1.29, 1.82) is 0 Å². The second-order valence-electron chi connectivity index (χ2n) is 6.86. The highest BCUT2D eigenvalue weighted by atomic mass is 32.1. The molecule has 0 radical (unpaired) electrons. The molecule has 2 aromatic heterocycles. The monoisotopic (exact) mass is 432 g/mol. The highest BCUT2D eigenvalue weighted by Gasteiger charge is 2.16. The average Bonchev–Trinajstić information content (AvgIpc) is 3.46. The number of benzene rings is 2. The molecule has 1 aliphatic heterocycles. The van der Waals surface area contributed by atoms with E-state index in [1.54, 1.807) is 23.0 Å². The summed E-state index contributed by atoms with van der Waals surface area (Å²) in [5.41, 5.74) is 7.34. The summed E-state index contributed by atoms with van der Waals surface area (Å²) in [5.74, 6) is -0.0942. The number of anilines is 2. The molecule has 2 aromatic carbocycles. The molecule has 0 atom stereocenters. The maximum absolute atomic E-state index is 12.1. The van der Waals surface area contributed by atoms with Crippen molar-refractivity contribution in [2.45, 2.75) is 12.8 Å². The van der Waals surface area contributed by atoms with Crippen LogP contribution in [0.1, 0.15) is 21.7 Å². The van der Waals surface area contributed by atoms with Crippen LogP contribution in [0.3, 0.4) is 0 Å². The Labute approximate surface area is 180 Å². The fourth-order valence-corrected chi connectivity index (χ4v) is 4.65. The molecule has 6 nitrogen and oxygen atoms in total. The zero-order valence-electron chi connectivity index (χ0n) is 15.7. The quantitative estimate of drug-likeness (QED) is 0.472. The number of fused-ring (bicyclic) bond motifs is 1. The SMILES string of the molecule is O=C1CCc2cc(-c3csc(-c4ccc(NC(=O)c5cncs5)cc4)n3)ccc2N1. The van der Waals surface area contributed by atoms with Crippen molar-refractivity contribution in [2.75, 3.05) is 10.6 Å². The number of hydrogen-bond acceptors (Lipinski definition) is 6. The third kappa shape index (κ3) is 3.74. The van der Waals surface area contributed by atoms with Gasteiger partial charge in [0.05, 0.1) is 17.4 Å². The number of carbonyl (C=O) groups is 2. The summed E-state index contributed by atoms with van der Waals surface area (Å²) in [4.78, 5) is 33.0. The molecule has 3 heterocycles. The van der Waals surface area contributed by atoms with Gasteiger partial charge in [0.1, 0.15) is 9.88 Å². The molecule has 2 N–H and O–H groups in total. The number of hydrogen-bond donors (Lipinski definition) is 2. The number of rotatable bonds is 4. The number of carbonyl (C=O) groups excluding carboxylic acids is 2. The first kappa shape index (κ1) is 18.7. The van der Waals surface area contributed by atoms with E-state index in [9.17, 15) is 9.59 Å². The fourth-order valence-electron chi connectivity index (χ4n) is 3.30. The van der Waals surface area contributed by atoms with Gasteiger partial charge in [-0.3, -0.25) is 14.6 Å². The van der Waals surface area contributed by atoms with E-state index in [1.807, 2.05) is 41.8 Å². The van der Waals surface area contributed by atoms with Gasteiger partial charge < -0.3 is 10.6 Å². The smallest absolute Gasteiger partial charge is 0.267 e. The molecule has 0 fully saturated rings. The summed E-state index contributed by atoms with van der Waals surface area (Å²) < 4.78 is 0.